The molecule has 0 radical (unpaired) electrons. The van der Waals surface area contributed by atoms with Gasteiger partial charge in [0.1, 0.15) is 11.4 Å². The number of pyridine rings is 1. The summed E-state index contributed by atoms with van der Waals surface area (Å²) in [5, 5.41) is 7.35. The van der Waals surface area contributed by atoms with Gasteiger partial charge < -0.3 is 14.4 Å². The summed E-state index contributed by atoms with van der Waals surface area (Å²) < 4.78 is 7.36. The second-order valence-corrected chi connectivity index (χ2v) is 7.73. The second-order valence-electron chi connectivity index (χ2n) is 7.73. The fourth-order valence-corrected chi connectivity index (χ4v) is 3.78. The summed E-state index contributed by atoms with van der Waals surface area (Å²) in [7, 11) is 1.92. The largest absolute Gasteiger partial charge is 0.354 e. The molecule has 4 aromatic rings. The minimum Gasteiger partial charge on any atom is -0.354 e. The Balaban J connectivity index is 1.63. The van der Waals surface area contributed by atoms with Crippen LogP contribution in [0.5, 0.6) is 0 Å². The van der Waals surface area contributed by atoms with Crippen LogP contribution in [0.1, 0.15) is 38.3 Å². The normalized spacial score (nSPS) is 11.2. The lowest BCUT2D eigenvalue weighted by atomic mass is 10.1. The third-order valence-corrected chi connectivity index (χ3v) is 5.60. The van der Waals surface area contributed by atoms with E-state index in [4.69, 9.17) is 9.51 Å². The molecule has 164 valence electrons. The molecular weight excluding hydrogens is 402 g/mol. The summed E-state index contributed by atoms with van der Waals surface area (Å²) in [5.41, 5.74) is 5.02. The predicted octanol–water partition coefficient (Wildman–Crippen LogP) is 4.71. The van der Waals surface area contributed by atoms with Crippen molar-refractivity contribution in [2.24, 2.45) is 0 Å². The van der Waals surface area contributed by atoms with Crippen molar-refractivity contribution in [2.45, 2.75) is 39.3 Å². The van der Waals surface area contributed by atoms with Crippen LogP contribution in [-0.2, 0) is 6.54 Å². The molecule has 0 saturated heterocycles. The minimum absolute atomic E-state index is 0.00724. The van der Waals surface area contributed by atoms with E-state index >= 15 is 0 Å². The first-order valence-corrected chi connectivity index (χ1v) is 10.9. The first kappa shape index (κ1) is 21.6. The molecule has 0 aliphatic carbocycles. The van der Waals surface area contributed by atoms with Crippen LogP contribution in [0.15, 0.2) is 70.4 Å². The van der Waals surface area contributed by atoms with E-state index in [2.05, 4.69) is 41.4 Å². The van der Waals surface area contributed by atoms with Gasteiger partial charge in [0.2, 0.25) is 0 Å². The quantitative estimate of drug-likeness (QED) is 0.437. The Kier molecular flexibility index (Phi) is 6.56. The van der Waals surface area contributed by atoms with Gasteiger partial charge in [-0.05, 0) is 31.5 Å². The first-order valence-electron chi connectivity index (χ1n) is 10.9. The van der Waals surface area contributed by atoms with Crippen molar-refractivity contribution in [3.63, 3.8) is 0 Å². The molecule has 0 atom stereocenters. The summed E-state index contributed by atoms with van der Waals surface area (Å²) in [6, 6.07) is 13.6. The van der Waals surface area contributed by atoms with E-state index in [-0.39, 0.29) is 11.6 Å². The SMILES string of the molecule is CCC(CC)n1cc(-c2cncc(-c3cc(-c4ccc(CNC)cc4)no3)n2)ccc1=O. The van der Waals surface area contributed by atoms with Gasteiger partial charge in [0.15, 0.2) is 5.76 Å². The van der Waals surface area contributed by atoms with Gasteiger partial charge in [-0.15, -0.1) is 0 Å². The molecule has 7 nitrogen and oxygen atoms in total. The lowest BCUT2D eigenvalue weighted by Crippen LogP contribution is -2.23. The third kappa shape index (κ3) is 4.53. The van der Waals surface area contributed by atoms with E-state index in [0.717, 1.165) is 36.2 Å². The first-order chi connectivity index (χ1) is 15.6. The zero-order chi connectivity index (χ0) is 22.5. The topological polar surface area (TPSA) is 85.8 Å². The Morgan fingerprint density at radius 2 is 1.69 bits per heavy atom. The Bertz CT molecular complexity index is 1240. The van der Waals surface area contributed by atoms with Crippen LogP contribution in [0.4, 0.5) is 0 Å². The molecule has 0 fully saturated rings. The van der Waals surface area contributed by atoms with E-state index in [0.29, 0.717) is 17.1 Å². The van der Waals surface area contributed by atoms with Crippen LogP contribution < -0.4 is 10.9 Å². The Labute approximate surface area is 187 Å². The molecule has 3 aromatic heterocycles. The maximum atomic E-state index is 12.3. The zero-order valence-electron chi connectivity index (χ0n) is 18.6. The van der Waals surface area contributed by atoms with Crippen LogP contribution in [0.3, 0.4) is 0 Å². The monoisotopic (exact) mass is 429 g/mol. The standard InChI is InChI=1S/C25H27N5O2/c1-4-20(5-2)30-16-19(10-11-25(30)31)22-14-27-15-23(28-22)24-12-21(29-32-24)18-8-6-17(7-9-18)13-26-3/h6-12,14-16,20,26H,4-5,13H2,1-3H3. The number of hydrogen-bond donors (Lipinski definition) is 1. The number of rotatable bonds is 8. The second kappa shape index (κ2) is 9.70. The highest BCUT2D eigenvalue weighted by atomic mass is 16.5. The van der Waals surface area contributed by atoms with Crippen molar-refractivity contribution < 1.29 is 4.52 Å². The van der Waals surface area contributed by atoms with Gasteiger partial charge in [0, 0.05) is 42.0 Å². The van der Waals surface area contributed by atoms with Gasteiger partial charge in [-0.3, -0.25) is 9.78 Å². The van der Waals surface area contributed by atoms with Gasteiger partial charge in [0.25, 0.3) is 5.56 Å². The highest BCUT2D eigenvalue weighted by Gasteiger charge is 2.14. The van der Waals surface area contributed by atoms with Gasteiger partial charge in [-0.25, -0.2) is 4.98 Å². The van der Waals surface area contributed by atoms with Crippen LogP contribution in [0.25, 0.3) is 34.0 Å². The molecule has 0 unspecified atom stereocenters. The highest BCUT2D eigenvalue weighted by molar-refractivity contribution is 5.66. The van der Waals surface area contributed by atoms with E-state index in [9.17, 15) is 4.79 Å². The average molecular weight is 430 g/mol. The third-order valence-electron chi connectivity index (χ3n) is 5.60. The van der Waals surface area contributed by atoms with Crippen LogP contribution >= 0.6 is 0 Å². The van der Waals surface area contributed by atoms with Crippen molar-refractivity contribution in [1.82, 2.24) is 25.0 Å². The van der Waals surface area contributed by atoms with Gasteiger partial charge in [0.05, 0.1) is 18.1 Å². The molecule has 4 rings (SSSR count). The van der Waals surface area contributed by atoms with Gasteiger partial charge in [-0.2, -0.15) is 0 Å². The summed E-state index contributed by atoms with van der Waals surface area (Å²) in [4.78, 5) is 21.4. The molecule has 1 aromatic carbocycles. The molecule has 0 spiro atoms. The summed E-state index contributed by atoms with van der Waals surface area (Å²) in [6.07, 6.45) is 7.00. The fraction of sp³-hybridized carbons (Fsp3) is 0.280. The van der Waals surface area contributed by atoms with E-state index in [1.165, 1.54) is 5.56 Å². The molecule has 0 amide bonds. The van der Waals surface area contributed by atoms with E-state index < -0.39 is 0 Å². The van der Waals surface area contributed by atoms with Crippen molar-refractivity contribution in [2.75, 3.05) is 7.05 Å². The molecular formula is C25H27N5O2. The van der Waals surface area contributed by atoms with Crippen LogP contribution in [0, 0.1) is 0 Å². The van der Waals surface area contributed by atoms with Crippen LogP contribution in [-0.4, -0.2) is 26.7 Å². The summed E-state index contributed by atoms with van der Waals surface area (Å²) in [6.45, 7) is 4.99. The molecule has 0 aliphatic heterocycles. The minimum atomic E-state index is -0.00724. The predicted molar refractivity (Wildman–Crippen MR) is 125 cm³/mol. The zero-order valence-corrected chi connectivity index (χ0v) is 18.6. The van der Waals surface area contributed by atoms with Crippen molar-refractivity contribution in [1.29, 1.82) is 0 Å². The molecule has 3 heterocycles. The lowest BCUT2D eigenvalue weighted by molar-refractivity contribution is 0.433. The lowest BCUT2D eigenvalue weighted by Gasteiger charge is -2.17. The molecule has 1 N–H and O–H groups in total. The van der Waals surface area contributed by atoms with E-state index in [1.807, 2.05) is 31.4 Å². The molecule has 0 aliphatic rings. The molecule has 0 bridgehead atoms. The average Bonchev–Trinajstić information content (AvgIpc) is 3.32. The number of hydrogen-bond acceptors (Lipinski definition) is 6. The smallest absolute Gasteiger partial charge is 0.250 e. The maximum absolute atomic E-state index is 12.3. The highest BCUT2D eigenvalue weighted by Crippen LogP contribution is 2.27. The Morgan fingerprint density at radius 3 is 2.41 bits per heavy atom. The van der Waals surface area contributed by atoms with Crippen LogP contribution in [0.2, 0.25) is 0 Å². The fourth-order valence-electron chi connectivity index (χ4n) is 3.78. The number of benzene rings is 1. The summed E-state index contributed by atoms with van der Waals surface area (Å²) >= 11 is 0. The van der Waals surface area contributed by atoms with Crippen molar-refractivity contribution in [3.8, 4) is 34.0 Å². The van der Waals surface area contributed by atoms with Gasteiger partial charge in [-0.1, -0.05) is 43.3 Å². The van der Waals surface area contributed by atoms with Gasteiger partial charge >= 0.3 is 0 Å². The molecule has 32 heavy (non-hydrogen) atoms. The van der Waals surface area contributed by atoms with E-state index in [1.54, 1.807) is 29.1 Å². The molecule has 7 heteroatoms. The van der Waals surface area contributed by atoms with Crippen molar-refractivity contribution in [3.05, 3.63) is 77.0 Å². The Morgan fingerprint density at radius 1 is 0.969 bits per heavy atom. The Hall–Kier alpha value is -3.58. The number of aromatic nitrogens is 4. The number of nitrogens with zero attached hydrogens (tertiary/aromatic N) is 4. The maximum Gasteiger partial charge on any atom is 0.250 e. The van der Waals surface area contributed by atoms with Crippen molar-refractivity contribution >= 4 is 0 Å². The number of nitrogens with one attached hydrogen (secondary N) is 1. The molecule has 0 saturated carbocycles. The summed E-state index contributed by atoms with van der Waals surface area (Å²) in [5.74, 6) is 0.543.